The number of ether oxygens (including phenoxy) is 1. The van der Waals surface area contributed by atoms with Crippen LogP contribution in [0.3, 0.4) is 0 Å². The van der Waals surface area contributed by atoms with Gasteiger partial charge in [0.2, 0.25) is 5.91 Å². The number of hydrogen-bond acceptors (Lipinski definition) is 4. The number of methoxy groups -OCH3 is 1. The van der Waals surface area contributed by atoms with Crippen LogP contribution in [0.2, 0.25) is 0 Å². The molecule has 0 aromatic heterocycles. The molecule has 0 fully saturated rings. The molecule has 0 unspecified atom stereocenters. The number of carboxylic acid groups (broad SMARTS) is 1. The van der Waals surface area contributed by atoms with E-state index in [1.54, 1.807) is 29.2 Å². The van der Waals surface area contributed by atoms with E-state index in [9.17, 15) is 19.1 Å². The number of aromatic carboxylic acids is 1. The number of amides is 1. The van der Waals surface area contributed by atoms with E-state index in [-0.39, 0.29) is 29.5 Å². The number of hydrogen-bond donors (Lipinski definition) is 1. The zero-order chi connectivity index (χ0) is 19.1. The van der Waals surface area contributed by atoms with Gasteiger partial charge in [0.25, 0.3) is 0 Å². The zero-order valence-corrected chi connectivity index (χ0v) is 15.4. The minimum absolute atomic E-state index is 0.108. The van der Waals surface area contributed by atoms with Crippen molar-refractivity contribution in [1.82, 2.24) is 4.90 Å². The van der Waals surface area contributed by atoms with Gasteiger partial charge in [-0.2, -0.15) is 0 Å². The number of rotatable bonds is 8. The molecule has 0 heterocycles. The second-order valence-corrected chi connectivity index (χ2v) is 6.48. The third-order valence-electron chi connectivity index (χ3n) is 3.79. The van der Waals surface area contributed by atoms with E-state index in [1.165, 1.54) is 37.1 Å². The summed E-state index contributed by atoms with van der Waals surface area (Å²) in [6.07, 6.45) is 0. The second-order valence-electron chi connectivity index (χ2n) is 5.47. The van der Waals surface area contributed by atoms with E-state index in [0.717, 1.165) is 0 Å². The second kappa shape index (κ2) is 9.24. The van der Waals surface area contributed by atoms with Gasteiger partial charge in [0.15, 0.2) is 11.6 Å². The predicted molar refractivity (Wildman–Crippen MR) is 98.2 cm³/mol. The van der Waals surface area contributed by atoms with Crippen LogP contribution in [-0.4, -0.2) is 41.3 Å². The van der Waals surface area contributed by atoms with Gasteiger partial charge in [-0.25, -0.2) is 9.18 Å². The highest BCUT2D eigenvalue weighted by molar-refractivity contribution is 8.00. The Morgan fingerprint density at radius 1 is 1.23 bits per heavy atom. The molecule has 0 atom stereocenters. The largest absolute Gasteiger partial charge is 0.494 e. The summed E-state index contributed by atoms with van der Waals surface area (Å²) in [5.41, 5.74) is 0.833. The lowest BCUT2D eigenvalue weighted by molar-refractivity contribution is -0.128. The molecule has 0 aliphatic heterocycles. The van der Waals surface area contributed by atoms with Crippen LogP contribution in [-0.2, 0) is 11.3 Å². The molecule has 1 amide bonds. The minimum Gasteiger partial charge on any atom is -0.494 e. The van der Waals surface area contributed by atoms with Crippen LogP contribution in [0.1, 0.15) is 22.8 Å². The first kappa shape index (κ1) is 19.8. The molecule has 2 rings (SSSR count). The van der Waals surface area contributed by atoms with Crippen LogP contribution in [0.5, 0.6) is 5.75 Å². The number of carbonyl (C=O) groups excluding carboxylic acids is 1. The Morgan fingerprint density at radius 3 is 2.58 bits per heavy atom. The normalized spacial score (nSPS) is 10.4. The zero-order valence-electron chi connectivity index (χ0n) is 14.6. The number of carbonyl (C=O) groups is 2. The summed E-state index contributed by atoms with van der Waals surface area (Å²) in [5, 5.41) is 9.20. The highest BCUT2D eigenvalue weighted by Crippen LogP contribution is 2.24. The van der Waals surface area contributed by atoms with Crippen molar-refractivity contribution < 1.29 is 23.8 Å². The SMILES string of the molecule is CCN(Cc1ccc(OC)c(F)c1)C(=O)CSc1ccccc1C(=O)O. The fourth-order valence-electron chi connectivity index (χ4n) is 2.40. The quantitative estimate of drug-likeness (QED) is 0.711. The van der Waals surface area contributed by atoms with E-state index >= 15 is 0 Å². The molecule has 0 bridgehead atoms. The molecule has 2 aromatic rings. The molecule has 2 aromatic carbocycles. The molecule has 26 heavy (non-hydrogen) atoms. The maximum absolute atomic E-state index is 13.8. The Hall–Kier alpha value is -2.54. The van der Waals surface area contributed by atoms with Gasteiger partial charge in [0.1, 0.15) is 0 Å². The molecule has 7 heteroatoms. The Bertz CT molecular complexity index is 797. The molecular formula is C19H20FNO4S. The van der Waals surface area contributed by atoms with Gasteiger partial charge in [-0.3, -0.25) is 4.79 Å². The van der Waals surface area contributed by atoms with Crippen molar-refractivity contribution in [2.45, 2.75) is 18.4 Å². The van der Waals surface area contributed by atoms with Gasteiger partial charge < -0.3 is 14.7 Å². The molecule has 0 saturated heterocycles. The van der Waals surface area contributed by atoms with E-state index in [4.69, 9.17) is 4.74 Å². The van der Waals surface area contributed by atoms with Gasteiger partial charge in [-0.05, 0) is 36.8 Å². The van der Waals surface area contributed by atoms with Gasteiger partial charge >= 0.3 is 5.97 Å². The molecule has 0 aliphatic carbocycles. The molecule has 5 nitrogen and oxygen atoms in total. The predicted octanol–water partition coefficient (Wildman–Crippen LogP) is 3.67. The van der Waals surface area contributed by atoms with Crippen molar-refractivity contribution in [2.24, 2.45) is 0 Å². The van der Waals surface area contributed by atoms with Crippen LogP contribution in [0.25, 0.3) is 0 Å². The molecule has 138 valence electrons. The van der Waals surface area contributed by atoms with Crippen molar-refractivity contribution in [1.29, 1.82) is 0 Å². The number of halogens is 1. The van der Waals surface area contributed by atoms with E-state index in [1.807, 2.05) is 6.92 Å². The Balaban J connectivity index is 2.03. The van der Waals surface area contributed by atoms with Gasteiger partial charge in [-0.1, -0.05) is 18.2 Å². The summed E-state index contributed by atoms with van der Waals surface area (Å²) in [6.45, 7) is 2.58. The molecule has 0 saturated carbocycles. The fraction of sp³-hybridized carbons (Fsp3) is 0.263. The number of nitrogens with zero attached hydrogens (tertiary/aromatic N) is 1. The standard InChI is InChI=1S/C19H20FNO4S/c1-3-21(11-13-8-9-16(25-2)15(20)10-13)18(22)12-26-17-7-5-4-6-14(17)19(23)24/h4-10H,3,11-12H2,1-2H3,(H,23,24). The van der Waals surface area contributed by atoms with Crippen molar-refractivity contribution in [3.8, 4) is 5.75 Å². The van der Waals surface area contributed by atoms with Crippen LogP contribution in [0.15, 0.2) is 47.4 Å². The van der Waals surface area contributed by atoms with E-state index in [2.05, 4.69) is 0 Å². The van der Waals surface area contributed by atoms with Crippen LogP contribution < -0.4 is 4.74 Å². The van der Waals surface area contributed by atoms with Crippen molar-refractivity contribution in [2.75, 3.05) is 19.4 Å². The van der Waals surface area contributed by atoms with Crippen LogP contribution in [0, 0.1) is 5.82 Å². The van der Waals surface area contributed by atoms with Gasteiger partial charge in [0.05, 0.1) is 18.4 Å². The first-order chi connectivity index (χ1) is 12.5. The third kappa shape index (κ3) is 4.98. The minimum atomic E-state index is -1.03. The maximum Gasteiger partial charge on any atom is 0.336 e. The number of carboxylic acids is 1. The summed E-state index contributed by atoms with van der Waals surface area (Å²) in [7, 11) is 1.39. The molecule has 1 N–H and O–H groups in total. The monoisotopic (exact) mass is 377 g/mol. The number of benzene rings is 2. The number of thioether (sulfide) groups is 1. The molecule has 0 aliphatic rings. The Kier molecular flexibility index (Phi) is 7.03. The van der Waals surface area contributed by atoms with Gasteiger partial charge in [-0.15, -0.1) is 11.8 Å². The third-order valence-corrected chi connectivity index (χ3v) is 4.85. The van der Waals surface area contributed by atoms with Crippen LogP contribution >= 0.6 is 11.8 Å². The van der Waals surface area contributed by atoms with E-state index in [0.29, 0.717) is 17.0 Å². The lowest BCUT2D eigenvalue weighted by Crippen LogP contribution is -2.31. The fourth-order valence-corrected chi connectivity index (χ4v) is 3.35. The summed E-state index contributed by atoms with van der Waals surface area (Å²) in [6, 6.07) is 11.2. The van der Waals surface area contributed by atoms with E-state index < -0.39 is 11.8 Å². The lowest BCUT2D eigenvalue weighted by atomic mass is 10.2. The summed E-state index contributed by atoms with van der Waals surface area (Å²) >= 11 is 1.18. The lowest BCUT2D eigenvalue weighted by Gasteiger charge is -2.21. The van der Waals surface area contributed by atoms with Gasteiger partial charge in [0, 0.05) is 18.0 Å². The maximum atomic E-state index is 13.8. The highest BCUT2D eigenvalue weighted by Gasteiger charge is 2.16. The first-order valence-corrected chi connectivity index (χ1v) is 9.00. The van der Waals surface area contributed by atoms with Crippen molar-refractivity contribution in [3.63, 3.8) is 0 Å². The molecular weight excluding hydrogens is 357 g/mol. The highest BCUT2D eigenvalue weighted by atomic mass is 32.2. The smallest absolute Gasteiger partial charge is 0.336 e. The van der Waals surface area contributed by atoms with Crippen LogP contribution in [0.4, 0.5) is 4.39 Å². The average Bonchev–Trinajstić information content (AvgIpc) is 2.64. The molecule has 0 spiro atoms. The summed E-state index contributed by atoms with van der Waals surface area (Å²) in [4.78, 5) is 25.8. The Morgan fingerprint density at radius 2 is 1.96 bits per heavy atom. The summed E-state index contributed by atoms with van der Waals surface area (Å²) in [5.74, 6) is -1.38. The van der Waals surface area contributed by atoms with Crippen molar-refractivity contribution in [3.05, 3.63) is 59.4 Å². The average molecular weight is 377 g/mol. The first-order valence-electron chi connectivity index (χ1n) is 8.01. The Labute approximate surface area is 155 Å². The summed E-state index contributed by atoms with van der Waals surface area (Å²) < 4.78 is 18.7. The molecule has 0 radical (unpaired) electrons. The van der Waals surface area contributed by atoms with Crippen molar-refractivity contribution >= 4 is 23.6 Å². The topological polar surface area (TPSA) is 66.8 Å².